The van der Waals surface area contributed by atoms with Crippen molar-refractivity contribution >= 4 is 11.9 Å². The Labute approximate surface area is 160 Å². The Morgan fingerprint density at radius 2 is 1.93 bits per heavy atom. The van der Waals surface area contributed by atoms with Crippen LogP contribution in [0.25, 0.3) is 0 Å². The Balaban J connectivity index is 1.78. The summed E-state index contributed by atoms with van der Waals surface area (Å²) in [6, 6.07) is 4.96. The van der Waals surface area contributed by atoms with E-state index in [0.717, 1.165) is 5.56 Å². The highest BCUT2D eigenvalue weighted by Crippen LogP contribution is 2.33. The molecule has 10 heteroatoms. The minimum Gasteiger partial charge on any atom is -0.493 e. The van der Waals surface area contributed by atoms with Crippen molar-refractivity contribution in [1.82, 2.24) is 0 Å². The fourth-order valence-electron chi connectivity index (χ4n) is 3.20. The third kappa shape index (κ3) is 4.20. The summed E-state index contributed by atoms with van der Waals surface area (Å²) in [5.74, 6) is -1.33. The fraction of sp³-hybridized carbons (Fsp3) is 0.556. The summed E-state index contributed by atoms with van der Waals surface area (Å²) in [6.45, 7) is 0. The average Bonchev–Trinajstić information content (AvgIpc) is 3.06. The minimum absolute atomic E-state index is 0.140. The first kappa shape index (κ1) is 20.3. The van der Waals surface area contributed by atoms with Gasteiger partial charge in [0.25, 0.3) is 0 Å². The van der Waals surface area contributed by atoms with E-state index in [1.54, 1.807) is 18.2 Å². The summed E-state index contributed by atoms with van der Waals surface area (Å²) in [6.07, 6.45) is -7.42. The molecule has 154 valence electrons. The first-order valence-corrected chi connectivity index (χ1v) is 8.75. The van der Waals surface area contributed by atoms with Gasteiger partial charge in [0.15, 0.2) is 17.6 Å². The SMILES string of the molecule is COc1ccc(CC2CCC(=O)O2)cc1OC1OC(C(=O)O)C(O)C(O)C1O. The average molecular weight is 398 g/mol. The van der Waals surface area contributed by atoms with Gasteiger partial charge in [0, 0.05) is 12.8 Å². The quantitative estimate of drug-likeness (QED) is 0.449. The number of hydrogen-bond acceptors (Lipinski definition) is 9. The third-order valence-corrected chi connectivity index (χ3v) is 4.72. The van der Waals surface area contributed by atoms with E-state index in [-0.39, 0.29) is 23.6 Å². The molecule has 0 bridgehead atoms. The molecule has 0 aromatic heterocycles. The number of carbonyl (C=O) groups is 2. The van der Waals surface area contributed by atoms with Crippen LogP contribution in [0, 0.1) is 0 Å². The Hall–Kier alpha value is -2.40. The van der Waals surface area contributed by atoms with Crippen molar-refractivity contribution in [2.45, 2.75) is 56.1 Å². The van der Waals surface area contributed by atoms with Crippen LogP contribution in [0.1, 0.15) is 18.4 Å². The summed E-state index contributed by atoms with van der Waals surface area (Å²) in [5.41, 5.74) is 0.760. The summed E-state index contributed by atoms with van der Waals surface area (Å²) in [7, 11) is 1.40. The van der Waals surface area contributed by atoms with Crippen molar-refractivity contribution in [3.8, 4) is 11.5 Å². The second-order valence-electron chi connectivity index (χ2n) is 6.69. The number of methoxy groups -OCH3 is 1. The van der Waals surface area contributed by atoms with E-state index in [1.165, 1.54) is 7.11 Å². The molecular weight excluding hydrogens is 376 g/mol. The van der Waals surface area contributed by atoms with Crippen LogP contribution in [0.2, 0.25) is 0 Å². The third-order valence-electron chi connectivity index (χ3n) is 4.72. The number of benzene rings is 1. The largest absolute Gasteiger partial charge is 0.493 e. The highest BCUT2D eigenvalue weighted by atomic mass is 16.7. The zero-order chi connectivity index (χ0) is 20.4. The van der Waals surface area contributed by atoms with Gasteiger partial charge in [-0.1, -0.05) is 6.07 Å². The van der Waals surface area contributed by atoms with E-state index in [1.807, 2.05) is 0 Å². The summed E-state index contributed by atoms with van der Waals surface area (Å²) in [5, 5.41) is 38.9. The Bertz CT molecular complexity index is 735. The zero-order valence-corrected chi connectivity index (χ0v) is 15.1. The molecule has 0 amide bonds. The second-order valence-corrected chi connectivity index (χ2v) is 6.69. The number of aliphatic hydroxyl groups excluding tert-OH is 3. The molecule has 10 nitrogen and oxygen atoms in total. The van der Waals surface area contributed by atoms with E-state index in [9.17, 15) is 24.9 Å². The van der Waals surface area contributed by atoms with Crippen LogP contribution in [0.15, 0.2) is 18.2 Å². The van der Waals surface area contributed by atoms with Crippen molar-refractivity contribution in [3.05, 3.63) is 23.8 Å². The van der Waals surface area contributed by atoms with Gasteiger partial charge >= 0.3 is 11.9 Å². The van der Waals surface area contributed by atoms with Crippen molar-refractivity contribution in [1.29, 1.82) is 0 Å². The topological polar surface area (TPSA) is 152 Å². The molecule has 3 rings (SSSR count). The molecule has 0 radical (unpaired) electrons. The maximum atomic E-state index is 11.2. The summed E-state index contributed by atoms with van der Waals surface area (Å²) < 4.78 is 21.1. The lowest BCUT2D eigenvalue weighted by Crippen LogP contribution is -2.61. The number of aliphatic carboxylic acids is 1. The standard InChI is InChI=1S/C18H22O10/c1-25-10-4-2-8(6-9-3-5-12(19)26-9)7-11(10)27-18-15(22)13(20)14(21)16(28-18)17(23)24/h2,4,7,9,13-16,18,20-22H,3,5-6H2,1H3,(H,23,24). The maximum absolute atomic E-state index is 11.2. The van der Waals surface area contributed by atoms with Crippen molar-refractivity contribution < 1.29 is 49.0 Å². The van der Waals surface area contributed by atoms with Crippen LogP contribution in [0.3, 0.4) is 0 Å². The molecule has 2 fully saturated rings. The van der Waals surface area contributed by atoms with Crippen LogP contribution in [-0.2, 0) is 25.5 Å². The lowest BCUT2D eigenvalue weighted by Gasteiger charge is -2.38. The van der Waals surface area contributed by atoms with E-state index >= 15 is 0 Å². The molecule has 0 saturated carbocycles. The summed E-state index contributed by atoms with van der Waals surface area (Å²) in [4.78, 5) is 22.5. The highest BCUT2D eigenvalue weighted by molar-refractivity contribution is 5.73. The molecular formula is C18H22O10. The molecule has 1 aromatic carbocycles. The van der Waals surface area contributed by atoms with Gasteiger partial charge in [0.1, 0.15) is 24.4 Å². The van der Waals surface area contributed by atoms with Gasteiger partial charge in [-0.3, -0.25) is 4.79 Å². The van der Waals surface area contributed by atoms with Crippen LogP contribution in [-0.4, -0.2) is 76.3 Å². The number of carboxylic acids is 1. The van der Waals surface area contributed by atoms with Crippen molar-refractivity contribution in [3.63, 3.8) is 0 Å². The maximum Gasteiger partial charge on any atom is 0.335 e. The molecule has 2 aliphatic heterocycles. The van der Waals surface area contributed by atoms with E-state index < -0.39 is 36.7 Å². The number of carboxylic acid groups (broad SMARTS) is 1. The van der Waals surface area contributed by atoms with E-state index in [4.69, 9.17) is 24.1 Å². The fourth-order valence-corrected chi connectivity index (χ4v) is 3.20. The molecule has 0 spiro atoms. The molecule has 6 atom stereocenters. The Morgan fingerprint density at radius 1 is 1.18 bits per heavy atom. The number of hydrogen-bond donors (Lipinski definition) is 4. The highest BCUT2D eigenvalue weighted by Gasteiger charge is 2.48. The Kier molecular flexibility index (Phi) is 6.04. The molecule has 28 heavy (non-hydrogen) atoms. The van der Waals surface area contributed by atoms with Gasteiger partial charge in [-0.2, -0.15) is 0 Å². The monoisotopic (exact) mass is 398 g/mol. The molecule has 2 heterocycles. The first-order chi connectivity index (χ1) is 13.3. The van der Waals surface area contributed by atoms with Crippen molar-refractivity contribution in [2.24, 2.45) is 0 Å². The lowest BCUT2D eigenvalue weighted by atomic mass is 9.99. The first-order valence-electron chi connectivity index (χ1n) is 8.75. The number of carbonyl (C=O) groups excluding carboxylic acids is 1. The molecule has 2 aliphatic rings. The van der Waals surface area contributed by atoms with Crippen molar-refractivity contribution in [2.75, 3.05) is 7.11 Å². The zero-order valence-electron chi connectivity index (χ0n) is 15.1. The van der Waals surface area contributed by atoms with Gasteiger partial charge in [0.2, 0.25) is 6.29 Å². The number of aliphatic hydroxyl groups is 3. The van der Waals surface area contributed by atoms with Gasteiger partial charge in [-0.25, -0.2) is 4.79 Å². The molecule has 0 aliphatic carbocycles. The van der Waals surface area contributed by atoms with Crippen LogP contribution >= 0.6 is 0 Å². The predicted octanol–water partition coefficient (Wildman–Crippen LogP) is -0.786. The molecule has 6 unspecified atom stereocenters. The molecule has 4 N–H and O–H groups in total. The van der Waals surface area contributed by atoms with Crippen LogP contribution < -0.4 is 9.47 Å². The van der Waals surface area contributed by atoms with E-state index in [0.29, 0.717) is 19.3 Å². The smallest absolute Gasteiger partial charge is 0.335 e. The molecule has 1 aromatic rings. The van der Waals surface area contributed by atoms with Crippen LogP contribution in [0.4, 0.5) is 0 Å². The van der Waals surface area contributed by atoms with Gasteiger partial charge in [-0.15, -0.1) is 0 Å². The minimum atomic E-state index is -1.81. The normalized spacial score (nSPS) is 32.6. The van der Waals surface area contributed by atoms with Gasteiger partial charge in [-0.05, 0) is 24.1 Å². The van der Waals surface area contributed by atoms with Gasteiger partial charge < -0.3 is 39.4 Å². The predicted molar refractivity (Wildman–Crippen MR) is 90.8 cm³/mol. The number of esters is 1. The number of ether oxygens (including phenoxy) is 4. The number of cyclic esters (lactones) is 1. The number of rotatable bonds is 6. The second kappa shape index (κ2) is 8.31. The lowest BCUT2D eigenvalue weighted by molar-refractivity contribution is -0.271. The summed E-state index contributed by atoms with van der Waals surface area (Å²) >= 11 is 0. The van der Waals surface area contributed by atoms with Crippen LogP contribution in [0.5, 0.6) is 11.5 Å². The van der Waals surface area contributed by atoms with Gasteiger partial charge in [0.05, 0.1) is 7.11 Å². The molecule has 2 saturated heterocycles. The Morgan fingerprint density at radius 3 is 2.54 bits per heavy atom. The van der Waals surface area contributed by atoms with E-state index in [2.05, 4.69) is 0 Å².